The first-order valence-corrected chi connectivity index (χ1v) is 7.82. The molecule has 1 aliphatic heterocycles. The van der Waals surface area contributed by atoms with Crippen molar-refractivity contribution in [2.45, 2.75) is 33.1 Å². The minimum absolute atomic E-state index is 0.00766. The molecule has 1 aromatic rings. The summed E-state index contributed by atoms with van der Waals surface area (Å²) in [6.45, 7) is 5.01. The fourth-order valence-corrected chi connectivity index (χ4v) is 2.89. The Hall–Kier alpha value is -2.15. The Morgan fingerprint density at radius 2 is 2.09 bits per heavy atom. The van der Waals surface area contributed by atoms with Crippen LogP contribution in [0.2, 0.25) is 0 Å². The van der Waals surface area contributed by atoms with Gasteiger partial charge in [-0.1, -0.05) is 13.0 Å². The van der Waals surface area contributed by atoms with E-state index in [-0.39, 0.29) is 23.7 Å². The van der Waals surface area contributed by atoms with Gasteiger partial charge in [0.15, 0.2) is 0 Å². The summed E-state index contributed by atoms with van der Waals surface area (Å²) in [4.78, 5) is 24.5. The molecule has 0 bridgehead atoms. The second-order valence-corrected chi connectivity index (χ2v) is 6.19. The van der Waals surface area contributed by atoms with Crippen LogP contribution in [-0.4, -0.2) is 40.7 Å². The molecule has 1 heterocycles. The van der Waals surface area contributed by atoms with Crippen LogP contribution >= 0.6 is 0 Å². The topological polar surface area (TPSA) is 95.7 Å². The van der Waals surface area contributed by atoms with Crippen molar-refractivity contribution >= 4 is 17.4 Å². The van der Waals surface area contributed by atoms with Gasteiger partial charge in [-0.25, -0.2) is 4.79 Å². The van der Waals surface area contributed by atoms with E-state index < -0.39 is 4.92 Å². The molecule has 2 N–H and O–H groups in total. The molecule has 0 atom stereocenters. The number of nitro groups is 1. The average molecular weight is 321 g/mol. The normalized spacial score (nSPS) is 16.9. The highest BCUT2D eigenvalue weighted by atomic mass is 16.6. The molecular formula is C16H23N3O4. The molecule has 0 saturated carbocycles. The number of rotatable bonds is 4. The summed E-state index contributed by atoms with van der Waals surface area (Å²) in [5.74, 6) is 0. The zero-order chi connectivity index (χ0) is 17.0. The quantitative estimate of drug-likeness (QED) is 0.658. The standard InChI is InChI=1S/C16H23N3O4/c1-3-16(11-20)6-8-18(9-7-16)15(21)17-13-5-4-12(2)14(10-13)19(22)23/h4-5,10,20H,3,6-9,11H2,1-2H3,(H,17,21). The highest BCUT2D eigenvalue weighted by Gasteiger charge is 2.33. The van der Waals surface area contributed by atoms with Crippen LogP contribution in [0.5, 0.6) is 0 Å². The van der Waals surface area contributed by atoms with Crippen molar-refractivity contribution in [3.63, 3.8) is 0 Å². The number of amides is 2. The molecule has 0 spiro atoms. The number of aryl methyl sites for hydroxylation is 1. The van der Waals surface area contributed by atoms with E-state index in [2.05, 4.69) is 12.2 Å². The molecule has 1 saturated heterocycles. The number of aliphatic hydroxyl groups excluding tert-OH is 1. The molecule has 2 amide bonds. The number of nitro benzene ring substituents is 1. The fourth-order valence-electron chi connectivity index (χ4n) is 2.89. The summed E-state index contributed by atoms with van der Waals surface area (Å²) >= 11 is 0. The molecule has 1 aromatic carbocycles. The van der Waals surface area contributed by atoms with E-state index in [1.54, 1.807) is 24.0 Å². The number of nitrogens with one attached hydrogen (secondary N) is 1. The SMILES string of the molecule is CCC1(CO)CCN(C(=O)Nc2ccc(C)c([N+](=O)[O-])c2)CC1. The molecule has 7 nitrogen and oxygen atoms in total. The molecule has 126 valence electrons. The van der Waals surface area contributed by atoms with E-state index in [0.717, 1.165) is 19.3 Å². The Kier molecular flexibility index (Phi) is 5.20. The third-order valence-electron chi connectivity index (χ3n) is 4.85. The Labute approximate surface area is 135 Å². The number of likely N-dealkylation sites (tertiary alicyclic amines) is 1. The smallest absolute Gasteiger partial charge is 0.321 e. The van der Waals surface area contributed by atoms with E-state index in [1.807, 2.05) is 0 Å². The average Bonchev–Trinajstić information content (AvgIpc) is 2.56. The van der Waals surface area contributed by atoms with E-state index in [0.29, 0.717) is 24.3 Å². The van der Waals surface area contributed by atoms with E-state index in [4.69, 9.17) is 0 Å². The van der Waals surface area contributed by atoms with Gasteiger partial charge >= 0.3 is 6.03 Å². The van der Waals surface area contributed by atoms with Crippen LogP contribution in [-0.2, 0) is 0 Å². The molecule has 23 heavy (non-hydrogen) atoms. The summed E-state index contributed by atoms with van der Waals surface area (Å²) < 4.78 is 0. The minimum atomic E-state index is -0.456. The van der Waals surface area contributed by atoms with Crippen molar-refractivity contribution in [3.8, 4) is 0 Å². The van der Waals surface area contributed by atoms with Crippen LogP contribution in [0.4, 0.5) is 16.2 Å². The molecule has 0 radical (unpaired) electrons. The molecule has 1 fully saturated rings. The zero-order valence-electron chi connectivity index (χ0n) is 13.5. The number of hydrogen-bond donors (Lipinski definition) is 2. The number of nitrogens with zero attached hydrogens (tertiary/aromatic N) is 2. The fraction of sp³-hybridized carbons (Fsp3) is 0.562. The lowest BCUT2D eigenvalue weighted by Gasteiger charge is -2.40. The van der Waals surface area contributed by atoms with Gasteiger partial charge in [0.25, 0.3) is 5.69 Å². The number of benzene rings is 1. The number of carbonyl (C=O) groups excluding carboxylic acids is 1. The van der Waals surface area contributed by atoms with Crippen molar-refractivity contribution in [1.82, 2.24) is 4.90 Å². The monoisotopic (exact) mass is 321 g/mol. The second kappa shape index (κ2) is 6.95. The van der Waals surface area contributed by atoms with Crippen molar-refractivity contribution in [1.29, 1.82) is 0 Å². The number of urea groups is 1. The van der Waals surface area contributed by atoms with Gasteiger partial charge in [-0.2, -0.15) is 0 Å². The Morgan fingerprint density at radius 3 is 2.61 bits per heavy atom. The Balaban J connectivity index is 2.01. The molecule has 0 aromatic heterocycles. The van der Waals surface area contributed by atoms with Crippen LogP contribution in [0.15, 0.2) is 18.2 Å². The predicted molar refractivity (Wildman–Crippen MR) is 87.5 cm³/mol. The van der Waals surface area contributed by atoms with E-state index in [9.17, 15) is 20.0 Å². The number of aliphatic hydroxyl groups is 1. The number of anilines is 1. The highest BCUT2D eigenvalue weighted by Crippen LogP contribution is 2.34. The lowest BCUT2D eigenvalue weighted by Crippen LogP contribution is -2.46. The third-order valence-corrected chi connectivity index (χ3v) is 4.85. The largest absolute Gasteiger partial charge is 0.396 e. The van der Waals surface area contributed by atoms with Crippen molar-refractivity contribution in [2.24, 2.45) is 5.41 Å². The second-order valence-electron chi connectivity index (χ2n) is 6.19. The lowest BCUT2D eigenvalue weighted by atomic mass is 9.77. The third kappa shape index (κ3) is 3.79. The van der Waals surface area contributed by atoms with Gasteiger partial charge in [0.05, 0.1) is 4.92 Å². The summed E-state index contributed by atoms with van der Waals surface area (Å²) in [5, 5.41) is 23.2. The van der Waals surface area contributed by atoms with Gasteiger partial charge in [-0.3, -0.25) is 10.1 Å². The Morgan fingerprint density at radius 1 is 1.43 bits per heavy atom. The molecule has 2 rings (SSSR count). The van der Waals surface area contributed by atoms with E-state index in [1.165, 1.54) is 6.07 Å². The van der Waals surface area contributed by atoms with Crippen LogP contribution in [0.25, 0.3) is 0 Å². The van der Waals surface area contributed by atoms with Gasteiger partial charge in [0.1, 0.15) is 0 Å². The summed E-state index contributed by atoms with van der Waals surface area (Å²) in [6.07, 6.45) is 2.42. The van der Waals surface area contributed by atoms with Gasteiger partial charge in [-0.05, 0) is 37.7 Å². The summed E-state index contributed by atoms with van der Waals surface area (Å²) in [7, 11) is 0. The van der Waals surface area contributed by atoms with Crippen molar-refractivity contribution in [3.05, 3.63) is 33.9 Å². The van der Waals surface area contributed by atoms with Crippen LogP contribution in [0.1, 0.15) is 31.7 Å². The van der Waals surface area contributed by atoms with Crippen LogP contribution in [0, 0.1) is 22.5 Å². The summed E-state index contributed by atoms with van der Waals surface area (Å²) in [6, 6.07) is 4.40. The first-order chi connectivity index (χ1) is 10.9. The van der Waals surface area contributed by atoms with Gasteiger partial charge in [0.2, 0.25) is 0 Å². The van der Waals surface area contributed by atoms with Gasteiger partial charge in [0, 0.05) is 37.0 Å². The molecule has 7 heteroatoms. The van der Waals surface area contributed by atoms with E-state index >= 15 is 0 Å². The Bertz CT molecular complexity index is 589. The molecular weight excluding hydrogens is 298 g/mol. The van der Waals surface area contributed by atoms with Gasteiger partial charge < -0.3 is 15.3 Å². The van der Waals surface area contributed by atoms with Gasteiger partial charge in [-0.15, -0.1) is 0 Å². The first-order valence-electron chi connectivity index (χ1n) is 7.82. The summed E-state index contributed by atoms with van der Waals surface area (Å²) in [5.41, 5.74) is 0.884. The van der Waals surface area contributed by atoms with Crippen LogP contribution in [0.3, 0.4) is 0 Å². The maximum absolute atomic E-state index is 12.3. The minimum Gasteiger partial charge on any atom is -0.396 e. The zero-order valence-corrected chi connectivity index (χ0v) is 13.5. The number of hydrogen-bond acceptors (Lipinski definition) is 4. The first kappa shape index (κ1) is 17.2. The highest BCUT2D eigenvalue weighted by molar-refractivity contribution is 5.89. The predicted octanol–water partition coefficient (Wildman–Crippen LogP) is 2.92. The van der Waals surface area contributed by atoms with Crippen molar-refractivity contribution in [2.75, 3.05) is 25.0 Å². The maximum Gasteiger partial charge on any atom is 0.321 e. The number of piperidine rings is 1. The number of carbonyl (C=O) groups is 1. The lowest BCUT2D eigenvalue weighted by molar-refractivity contribution is -0.385. The van der Waals surface area contributed by atoms with Crippen molar-refractivity contribution < 1.29 is 14.8 Å². The molecule has 0 aliphatic carbocycles. The maximum atomic E-state index is 12.3. The molecule has 1 aliphatic rings. The van der Waals surface area contributed by atoms with Crippen LogP contribution < -0.4 is 5.32 Å². The molecule has 0 unspecified atom stereocenters.